The van der Waals surface area contributed by atoms with E-state index in [9.17, 15) is 23.4 Å². The van der Waals surface area contributed by atoms with Crippen LogP contribution in [0.15, 0.2) is 59.5 Å². The largest absolute Gasteiger partial charge is 0.508 e. The fourth-order valence-electron chi connectivity index (χ4n) is 5.40. The third-order valence-corrected chi connectivity index (χ3v) is 9.26. The summed E-state index contributed by atoms with van der Waals surface area (Å²) in [5, 5.41) is 23.8. The van der Waals surface area contributed by atoms with Gasteiger partial charge in [0.1, 0.15) is 11.9 Å². The van der Waals surface area contributed by atoms with Gasteiger partial charge < -0.3 is 29.7 Å². The summed E-state index contributed by atoms with van der Waals surface area (Å²) in [6, 6.07) is 13.5. The van der Waals surface area contributed by atoms with Crippen LogP contribution in [0.25, 0.3) is 0 Å². The molecule has 2 aromatic rings. The van der Waals surface area contributed by atoms with E-state index in [4.69, 9.17) is 19.0 Å². The molecular formula is C28H36N2O9S. The van der Waals surface area contributed by atoms with Gasteiger partial charge in [-0.1, -0.05) is 47.6 Å². The van der Waals surface area contributed by atoms with E-state index >= 15 is 0 Å². The molecule has 2 saturated heterocycles. The Morgan fingerprint density at radius 3 is 2.50 bits per heavy atom. The van der Waals surface area contributed by atoms with Crippen molar-refractivity contribution in [2.45, 2.75) is 74.1 Å². The lowest BCUT2D eigenvalue weighted by Gasteiger charge is -2.31. The molecule has 2 aliphatic heterocycles. The van der Waals surface area contributed by atoms with Crippen LogP contribution in [0.4, 0.5) is 4.79 Å². The van der Waals surface area contributed by atoms with Crippen LogP contribution in [0, 0.1) is 5.92 Å². The Balaban J connectivity index is 1.33. The van der Waals surface area contributed by atoms with Crippen molar-refractivity contribution < 1.29 is 42.5 Å². The van der Waals surface area contributed by atoms with Crippen LogP contribution >= 0.6 is 0 Å². The smallest absolute Gasteiger partial charge is 0.407 e. The third-order valence-electron chi connectivity index (χ3n) is 7.62. The van der Waals surface area contributed by atoms with Crippen molar-refractivity contribution in [1.82, 2.24) is 9.79 Å². The van der Waals surface area contributed by atoms with Gasteiger partial charge >= 0.3 is 6.09 Å². The molecule has 0 bridgehead atoms. The molecular weight excluding hydrogens is 540 g/mol. The number of ether oxygens (including phenoxy) is 3. The summed E-state index contributed by atoms with van der Waals surface area (Å²) in [6.07, 6.45) is 0.947. The van der Waals surface area contributed by atoms with Gasteiger partial charge in [-0.3, -0.25) is 4.84 Å². The van der Waals surface area contributed by atoms with E-state index in [2.05, 4.69) is 5.32 Å². The standard InChI is InChI=1S/C28H36N2O9S/c31-20-10-12-22(13-11-20)40(34,35)30(39-21-8-4-5-9-21)17-25(32)24(16-19-6-2-1-3-7-19)29-28(33)38-26-18-37-27-23(26)14-15-36-27/h1-3,6-7,10-13,21,23-27,31-32H,4-5,8-9,14-18H2,(H,29,33)/t23-,24-,25+,26-,27+/m0/s1. The number of carbonyl (C=O) groups is 1. The van der Waals surface area contributed by atoms with Crippen LogP contribution in [-0.4, -0.2) is 79.6 Å². The SMILES string of the molecule is O=C(N[C@@H](Cc1ccccc1)[C@H](O)CN(OC1CCCC1)S(=O)(=O)c1ccc(O)cc1)O[C@H]1CO[C@H]2OCC[C@H]21. The summed E-state index contributed by atoms with van der Waals surface area (Å²) in [7, 11) is -4.20. The van der Waals surface area contributed by atoms with Crippen LogP contribution in [0.1, 0.15) is 37.7 Å². The number of amides is 1. The molecule has 1 amide bonds. The maximum absolute atomic E-state index is 13.6. The third kappa shape index (κ3) is 6.93. The van der Waals surface area contributed by atoms with Gasteiger partial charge in [0.15, 0.2) is 6.29 Å². The second-order valence-corrected chi connectivity index (χ2v) is 12.3. The summed E-state index contributed by atoms with van der Waals surface area (Å²) in [4.78, 5) is 18.8. The Hall–Kier alpha value is -2.74. The van der Waals surface area contributed by atoms with Crippen molar-refractivity contribution in [1.29, 1.82) is 0 Å². The molecule has 0 unspecified atom stereocenters. The zero-order valence-corrected chi connectivity index (χ0v) is 22.9. The van der Waals surface area contributed by atoms with Crippen molar-refractivity contribution in [3.8, 4) is 5.75 Å². The molecule has 1 saturated carbocycles. The fourth-order valence-corrected chi connectivity index (χ4v) is 6.69. The van der Waals surface area contributed by atoms with Crippen molar-refractivity contribution >= 4 is 16.1 Å². The predicted molar refractivity (Wildman–Crippen MR) is 142 cm³/mol. The van der Waals surface area contributed by atoms with Gasteiger partial charge in [-0.05, 0) is 55.5 Å². The number of fused-ring (bicyclic) bond motifs is 1. The number of sulfonamides is 1. The molecule has 1 aliphatic carbocycles. The van der Waals surface area contributed by atoms with E-state index in [-0.39, 0.29) is 42.0 Å². The second kappa shape index (κ2) is 12.8. The summed E-state index contributed by atoms with van der Waals surface area (Å²) in [5.41, 5.74) is 0.838. The lowest BCUT2D eigenvalue weighted by atomic mass is 10.0. The number of phenolic OH excluding ortho intramolecular Hbond substituents is 1. The van der Waals surface area contributed by atoms with E-state index in [1.54, 1.807) is 0 Å². The number of benzene rings is 2. The van der Waals surface area contributed by atoms with Crippen molar-refractivity contribution in [3.63, 3.8) is 0 Å². The number of aromatic hydroxyl groups is 1. The maximum atomic E-state index is 13.6. The van der Waals surface area contributed by atoms with Gasteiger partial charge in [0.05, 0.1) is 48.8 Å². The van der Waals surface area contributed by atoms with Crippen molar-refractivity contribution in [2.24, 2.45) is 5.92 Å². The van der Waals surface area contributed by atoms with Gasteiger partial charge in [-0.25, -0.2) is 13.2 Å². The number of phenols is 1. The number of carbonyl (C=O) groups excluding carboxylic acids is 1. The van der Waals surface area contributed by atoms with E-state index in [1.807, 2.05) is 30.3 Å². The zero-order valence-electron chi connectivity index (χ0n) is 22.1. The first-order valence-corrected chi connectivity index (χ1v) is 15.1. The first-order chi connectivity index (χ1) is 19.3. The molecule has 0 spiro atoms. The molecule has 0 aromatic heterocycles. The van der Waals surface area contributed by atoms with Crippen molar-refractivity contribution in [2.75, 3.05) is 19.8 Å². The molecule has 2 aromatic carbocycles. The topological polar surface area (TPSA) is 144 Å². The van der Waals surface area contributed by atoms with Crippen molar-refractivity contribution in [3.05, 3.63) is 60.2 Å². The van der Waals surface area contributed by atoms with E-state index in [0.717, 1.165) is 29.3 Å². The van der Waals surface area contributed by atoms with E-state index in [0.29, 0.717) is 19.4 Å². The van der Waals surface area contributed by atoms with Gasteiger partial charge in [-0.2, -0.15) is 0 Å². The first-order valence-electron chi connectivity index (χ1n) is 13.7. The Morgan fingerprint density at radius 2 is 1.77 bits per heavy atom. The number of hydrogen-bond acceptors (Lipinski definition) is 9. The molecule has 40 heavy (non-hydrogen) atoms. The second-order valence-electron chi connectivity index (χ2n) is 10.5. The number of nitrogens with one attached hydrogen (secondary N) is 1. The number of alkyl carbamates (subject to hydrolysis) is 1. The predicted octanol–water partition coefficient (Wildman–Crippen LogP) is 2.72. The molecule has 5 rings (SSSR count). The Bertz CT molecular complexity index is 1220. The van der Waals surface area contributed by atoms with Gasteiger partial charge in [-0.15, -0.1) is 0 Å². The van der Waals surface area contributed by atoms with Crippen LogP contribution < -0.4 is 5.32 Å². The molecule has 3 fully saturated rings. The number of hydrogen-bond donors (Lipinski definition) is 3. The summed E-state index contributed by atoms with van der Waals surface area (Å²) < 4.78 is 44.7. The number of hydroxylamine groups is 1. The minimum absolute atomic E-state index is 0.0472. The Labute approximate surface area is 234 Å². The number of aliphatic hydroxyl groups excluding tert-OH is 1. The number of nitrogens with zero attached hydrogens (tertiary/aromatic N) is 1. The minimum Gasteiger partial charge on any atom is -0.508 e. The molecule has 3 aliphatic rings. The lowest BCUT2D eigenvalue weighted by Crippen LogP contribution is -2.51. The number of aliphatic hydroxyl groups is 1. The molecule has 0 radical (unpaired) electrons. The highest BCUT2D eigenvalue weighted by atomic mass is 32.2. The molecule has 2 heterocycles. The molecule has 218 valence electrons. The van der Waals surface area contributed by atoms with Gasteiger partial charge in [0.25, 0.3) is 10.0 Å². The highest BCUT2D eigenvalue weighted by molar-refractivity contribution is 7.89. The lowest BCUT2D eigenvalue weighted by molar-refractivity contribution is -0.145. The highest BCUT2D eigenvalue weighted by Crippen LogP contribution is 2.33. The van der Waals surface area contributed by atoms with E-state index < -0.39 is 40.9 Å². The molecule has 12 heteroatoms. The van der Waals surface area contributed by atoms with Gasteiger partial charge in [0, 0.05) is 0 Å². The zero-order chi connectivity index (χ0) is 28.1. The van der Waals surface area contributed by atoms with Gasteiger partial charge in [0.2, 0.25) is 0 Å². The average Bonchev–Trinajstić information content (AvgIpc) is 3.70. The molecule has 11 nitrogen and oxygen atoms in total. The van der Waals surface area contributed by atoms with Crippen LogP contribution in [0.5, 0.6) is 5.75 Å². The quantitative estimate of drug-likeness (QED) is 0.344. The first kappa shape index (κ1) is 28.8. The van der Waals surface area contributed by atoms with Crippen LogP contribution in [0.2, 0.25) is 0 Å². The molecule has 5 atom stereocenters. The number of rotatable bonds is 11. The average molecular weight is 577 g/mol. The van der Waals surface area contributed by atoms with Crippen LogP contribution in [-0.2, 0) is 35.5 Å². The highest BCUT2D eigenvalue weighted by Gasteiger charge is 2.44. The fraction of sp³-hybridized carbons (Fsp3) is 0.536. The van der Waals surface area contributed by atoms with E-state index in [1.165, 1.54) is 24.3 Å². The van der Waals surface area contributed by atoms with Crippen LogP contribution in [0.3, 0.4) is 0 Å². The minimum atomic E-state index is -4.20. The summed E-state index contributed by atoms with van der Waals surface area (Å²) in [5.74, 6) is -0.120. The maximum Gasteiger partial charge on any atom is 0.407 e. The summed E-state index contributed by atoms with van der Waals surface area (Å²) in [6.45, 7) is 0.337. The summed E-state index contributed by atoms with van der Waals surface area (Å²) >= 11 is 0. The molecule has 3 N–H and O–H groups in total. The Kier molecular flexibility index (Phi) is 9.24. The normalized spacial score (nSPS) is 24.6. The monoisotopic (exact) mass is 576 g/mol. The Morgan fingerprint density at radius 1 is 1.05 bits per heavy atom.